The summed E-state index contributed by atoms with van der Waals surface area (Å²) in [6, 6.07) is 23.0. The van der Waals surface area contributed by atoms with Crippen molar-refractivity contribution in [2.45, 2.75) is 12.5 Å². The first-order chi connectivity index (χ1) is 17.0. The third-order valence-corrected chi connectivity index (χ3v) is 6.79. The molecule has 0 saturated heterocycles. The van der Waals surface area contributed by atoms with Gasteiger partial charge < -0.3 is 15.0 Å². The molecule has 4 aromatic rings. The van der Waals surface area contributed by atoms with Crippen LogP contribution in [0.3, 0.4) is 0 Å². The molecule has 1 atom stereocenters. The zero-order chi connectivity index (χ0) is 24.5. The Hall–Kier alpha value is -3.68. The van der Waals surface area contributed by atoms with E-state index >= 15 is 0 Å². The molecule has 2 heterocycles. The molecular weight excluding hydrogens is 480 g/mol. The molecule has 0 saturated carbocycles. The van der Waals surface area contributed by atoms with Crippen molar-refractivity contribution in [1.82, 2.24) is 15.3 Å². The van der Waals surface area contributed by atoms with Crippen molar-refractivity contribution in [3.63, 3.8) is 0 Å². The Morgan fingerprint density at radius 2 is 1.86 bits per heavy atom. The van der Waals surface area contributed by atoms with Gasteiger partial charge in [0.2, 0.25) is 0 Å². The highest BCUT2D eigenvalue weighted by molar-refractivity contribution is 7.80. The SMILES string of the molecule is CNC(=S)N1N=C(c2c(-c3ccccc3)c3cc(Cl)ccc3[nH]c2=O)C[C@@H]1c1ccc(OC)cc1. The van der Waals surface area contributed by atoms with E-state index in [1.54, 1.807) is 25.2 Å². The van der Waals surface area contributed by atoms with Gasteiger partial charge in [0, 0.05) is 35.0 Å². The van der Waals surface area contributed by atoms with Crippen LogP contribution in [0.2, 0.25) is 5.02 Å². The number of ether oxygens (including phenoxy) is 1. The molecule has 35 heavy (non-hydrogen) atoms. The Morgan fingerprint density at radius 1 is 1.11 bits per heavy atom. The second-order valence-electron chi connectivity index (χ2n) is 8.20. The van der Waals surface area contributed by atoms with Gasteiger partial charge in [0.25, 0.3) is 5.56 Å². The number of H-pyrrole nitrogens is 1. The van der Waals surface area contributed by atoms with E-state index in [0.717, 1.165) is 33.3 Å². The number of nitrogens with zero attached hydrogens (tertiary/aromatic N) is 2. The average Bonchev–Trinajstić information content (AvgIpc) is 3.33. The van der Waals surface area contributed by atoms with Crippen molar-refractivity contribution in [3.05, 3.63) is 99.3 Å². The van der Waals surface area contributed by atoms with Crippen LogP contribution >= 0.6 is 23.8 Å². The summed E-state index contributed by atoms with van der Waals surface area (Å²) in [4.78, 5) is 16.5. The highest BCUT2D eigenvalue weighted by Crippen LogP contribution is 2.37. The smallest absolute Gasteiger partial charge is 0.258 e. The Bertz CT molecular complexity index is 1500. The average molecular weight is 503 g/mol. The van der Waals surface area contributed by atoms with Gasteiger partial charge in [-0.2, -0.15) is 5.10 Å². The second-order valence-corrected chi connectivity index (χ2v) is 9.02. The molecule has 1 aliphatic heterocycles. The third kappa shape index (κ3) is 4.29. The van der Waals surface area contributed by atoms with Crippen molar-refractivity contribution < 1.29 is 4.74 Å². The van der Waals surface area contributed by atoms with Gasteiger partial charge in [0.1, 0.15) is 5.75 Å². The fraction of sp³-hybridized carbons (Fsp3) is 0.148. The Kier molecular flexibility index (Phi) is 6.28. The molecule has 0 spiro atoms. The molecule has 3 aromatic carbocycles. The zero-order valence-corrected chi connectivity index (χ0v) is 20.8. The number of aromatic amines is 1. The molecule has 176 valence electrons. The number of aromatic nitrogens is 1. The van der Waals surface area contributed by atoms with E-state index in [4.69, 9.17) is 33.7 Å². The summed E-state index contributed by atoms with van der Waals surface area (Å²) >= 11 is 12.0. The van der Waals surface area contributed by atoms with Crippen LogP contribution < -0.4 is 15.6 Å². The van der Waals surface area contributed by atoms with E-state index in [2.05, 4.69) is 10.3 Å². The van der Waals surface area contributed by atoms with Crippen LogP contribution in [0.5, 0.6) is 5.75 Å². The number of hydrazone groups is 1. The molecule has 0 bridgehead atoms. The maximum absolute atomic E-state index is 13.5. The maximum Gasteiger partial charge on any atom is 0.258 e. The molecule has 0 aliphatic carbocycles. The van der Waals surface area contributed by atoms with Gasteiger partial charge in [-0.3, -0.25) is 4.79 Å². The van der Waals surface area contributed by atoms with E-state index in [0.29, 0.717) is 27.8 Å². The monoisotopic (exact) mass is 502 g/mol. The topological polar surface area (TPSA) is 69.7 Å². The number of fused-ring (bicyclic) bond motifs is 1. The summed E-state index contributed by atoms with van der Waals surface area (Å²) in [6.45, 7) is 0. The maximum atomic E-state index is 13.5. The van der Waals surface area contributed by atoms with Gasteiger partial charge in [-0.05, 0) is 53.7 Å². The highest BCUT2D eigenvalue weighted by atomic mass is 35.5. The first kappa shape index (κ1) is 23.1. The van der Waals surface area contributed by atoms with Gasteiger partial charge >= 0.3 is 0 Å². The molecule has 5 rings (SSSR count). The summed E-state index contributed by atoms with van der Waals surface area (Å²) in [7, 11) is 3.40. The normalized spacial score (nSPS) is 15.2. The lowest BCUT2D eigenvalue weighted by molar-refractivity contribution is 0.365. The fourth-order valence-corrected chi connectivity index (χ4v) is 4.83. The molecule has 0 unspecified atom stereocenters. The molecular formula is C27H23ClN4O2S. The molecule has 1 aliphatic rings. The van der Waals surface area contributed by atoms with Crippen molar-refractivity contribution in [1.29, 1.82) is 0 Å². The molecule has 2 N–H and O–H groups in total. The lowest BCUT2D eigenvalue weighted by atomic mass is 9.91. The Labute approximate surface area is 213 Å². The minimum atomic E-state index is -0.205. The summed E-state index contributed by atoms with van der Waals surface area (Å²) in [5.41, 5.74) is 4.42. The van der Waals surface area contributed by atoms with Crippen molar-refractivity contribution in [2.75, 3.05) is 14.2 Å². The summed E-state index contributed by atoms with van der Waals surface area (Å²) in [6.07, 6.45) is 0.503. The van der Waals surface area contributed by atoms with Crippen molar-refractivity contribution >= 4 is 45.5 Å². The number of thiocarbonyl (C=S) groups is 1. The molecule has 0 fully saturated rings. The number of nitrogens with one attached hydrogen (secondary N) is 2. The first-order valence-corrected chi connectivity index (χ1v) is 11.9. The number of halogens is 1. The molecule has 0 radical (unpaired) electrons. The largest absolute Gasteiger partial charge is 0.497 e. The van der Waals surface area contributed by atoms with Gasteiger partial charge in [-0.1, -0.05) is 54.1 Å². The van der Waals surface area contributed by atoms with Gasteiger partial charge in [-0.15, -0.1) is 0 Å². The lowest BCUT2D eigenvalue weighted by Crippen LogP contribution is -2.34. The van der Waals surface area contributed by atoms with E-state index in [1.165, 1.54) is 0 Å². The fourth-order valence-electron chi connectivity index (χ4n) is 4.49. The van der Waals surface area contributed by atoms with Crippen LogP contribution in [0.1, 0.15) is 23.6 Å². The lowest BCUT2D eigenvalue weighted by Gasteiger charge is -2.23. The molecule has 1 aromatic heterocycles. The van der Waals surface area contributed by atoms with E-state index < -0.39 is 0 Å². The van der Waals surface area contributed by atoms with Crippen LogP contribution in [0, 0.1) is 0 Å². The van der Waals surface area contributed by atoms with Crippen molar-refractivity contribution in [2.24, 2.45) is 5.10 Å². The Balaban J connectivity index is 1.71. The van der Waals surface area contributed by atoms with E-state index in [1.807, 2.05) is 66.7 Å². The summed E-state index contributed by atoms with van der Waals surface area (Å²) in [5.74, 6) is 0.768. The number of hydrogen-bond acceptors (Lipinski definition) is 4. The number of pyridine rings is 1. The van der Waals surface area contributed by atoms with Crippen LogP contribution in [0.4, 0.5) is 0 Å². The minimum Gasteiger partial charge on any atom is -0.497 e. The molecule has 8 heteroatoms. The van der Waals surface area contributed by atoms with Gasteiger partial charge in [0.05, 0.1) is 24.4 Å². The van der Waals surface area contributed by atoms with Crippen LogP contribution in [-0.4, -0.2) is 35.0 Å². The summed E-state index contributed by atoms with van der Waals surface area (Å²) in [5, 5.41) is 11.6. The van der Waals surface area contributed by atoms with Crippen LogP contribution in [-0.2, 0) is 0 Å². The summed E-state index contributed by atoms with van der Waals surface area (Å²) < 4.78 is 5.31. The highest BCUT2D eigenvalue weighted by Gasteiger charge is 2.34. The van der Waals surface area contributed by atoms with Crippen LogP contribution in [0.25, 0.3) is 22.0 Å². The molecule has 0 amide bonds. The predicted octanol–water partition coefficient (Wildman–Crippen LogP) is 5.51. The first-order valence-electron chi connectivity index (χ1n) is 11.1. The molecule has 6 nitrogen and oxygen atoms in total. The van der Waals surface area contributed by atoms with E-state index in [9.17, 15) is 4.79 Å². The predicted molar refractivity (Wildman–Crippen MR) is 145 cm³/mol. The van der Waals surface area contributed by atoms with Crippen LogP contribution in [0.15, 0.2) is 82.7 Å². The zero-order valence-electron chi connectivity index (χ0n) is 19.2. The number of hydrogen-bond donors (Lipinski definition) is 2. The number of benzene rings is 3. The van der Waals surface area contributed by atoms with Gasteiger partial charge in [-0.25, -0.2) is 5.01 Å². The Morgan fingerprint density at radius 3 is 2.54 bits per heavy atom. The van der Waals surface area contributed by atoms with E-state index in [-0.39, 0.29) is 11.6 Å². The van der Waals surface area contributed by atoms with Gasteiger partial charge in [0.15, 0.2) is 5.11 Å². The number of rotatable bonds is 4. The minimum absolute atomic E-state index is 0.172. The standard InChI is InChI=1S/C27H23ClN4O2S/c1-29-27(35)32-23(16-8-11-19(34-2)12-9-16)15-22(31-32)25-24(17-6-4-3-5-7-17)20-14-18(28)10-13-21(20)30-26(25)33/h3-14,23H,15H2,1-2H3,(H,29,35)(H,30,33)/t23-/m1/s1. The van der Waals surface area contributed by atoms with Crippen molar-refractivity contribution in [3.8, 4) is 16.9 Å². The second kappa shape index (κ2) is 9.52. The third-order valence-electron chi connectivity index (χ3n) is 6.16. The number of methoxy groups -OCH3 is 1. The quantitative estimate of drug-likeness (QED) is 0.360.